The fraction of sp³-hybridized carbons (Fsp3) is 0.440. The number of anilines is 1. The van der Waals surface area contributed by atoms with Crippen LogP contribution in [0.3, 0.4) is 0 Å². The number of hydrogen-bond acceptors (Lipinski definition) is 7. The Morgan fingerprint density at radius 3 is 2.09 bits per heavy atom. The van der Waals surface area contributed by atoms with E-state index in [0.29, 0.717) is 18.5 Å². The summed E-state index contributed by atoms with van der Waals surface area (Å²) < 4.78 is 37.8. The van der Waals surface area contributed by atoms with Gasteiger partial charge in [0, 0.05) is 5.69 Å². The highest BCUT2D eigenvalue weighted by Crippen LogP contribution is 2.39. The van der Waals surface area contributed by atoms with Gasteiger partial charge < -0.3 is 14.6 Å². The molecule has 0 amide bonds. The Hall–Kier alpha value is -3.07. The van der Waals surface area contributed by atoms with Crippen LogP contribution in [-0.2, 0) is 29.1 Å². The third kappa shape index (κ3) is 6.72. The van der Waals surface area contributed by atoms with Gasteiger partial charge in [0.05, 0.1) is 30.4 Å². The summed E-state index contributed by atoms with van der Waals surface area (Å²) in [5.41, 5.74) is 0.263. The first-order valence-corrected chi connectivity index (χ1v) is 12.5. The van der Waals surface area contributed by atoms with Crippen LogP contribution in [-0.4, -0.2) is 39.7 Å². The molecule has 0 aromatic heterocycles. The van der Waals surface area contributed by atoms with E-state index in [1.54, 1.807) is 19.1 Å². The molecular weight excluding hydrogens is 458 g/mol. The number of aromatic hydroxyl groups is 1. The fourth-order valence-electron chi connectivity index (χ4n) is 4.11. The second-order valence-electron chi connectivity index (χ2n) is 8.71. The molecule has 8 nitrogen and oxygen atoms in total. The van der Waals surface area contributed by atoms with Crippen molar-refractivity contribution in [2.24, 2.45) is 11.3 Å². The number of nitrogens with one attached hydrogen (secondary N) is 1. The molecule has 0 spiro atoms. The molecule has 186 valence electrons. The quantitative estimate of drug-likeness (QED) is 0.352. The maximum Gasteiger partial charge on any atom is 0.311 e. The topological polar surface area (TPSA) is 119 Å². The van der Waals surface area contributed by atoms with Crippen molar-refractivity contribution in [2.75, 3.05) is 18.9 Å². The Balaban J connectivity index is 2.20. The third-order valence-corrected chi connectivity index (χ3v) is 7.44. The Morgan fingerprint density at radius 2 is 1.59 bits per heavy atom. The molecule has 0 saturated heterocycles. The first-order chi connectivity index (χ1) is 16.0. The van der Waals surface area contributed by atoms with E-state index >= 15 is 0 Å². The maximum absolute atomic E-state index is 12.7. The highest BCUT2D eigenvalue weighted by Gasteiger charge is 2.40. The molecule has 9 heteroatoms. The Morgan fingerprint density at radius 1 is 1.00 bits per heavy atom. The zero-order valence-corrected chi connectivity index (χ0v) is 21.0. The number of phenolic OH excluding ortho intramolecular Hbond substituents is 1. The van der Waals surface area contributed by atoms with E-state index in [-0.39, 0.29) is 29.0 Å². The number of ether oxygens (including phenoxy) is 2. The predicted octanol–water partition coefficient (Wildman–Crippen LogP) is 4.46. The summed E-state index contributed by atoms with van der Waals surface area (Å²) in [5.74, 6) is -1.27. The number of hydrogen-bond donors (Lipinski definition) is 2. The molecule has 0 aliphatic carbocycles. The molecule has 0 bridgehead atoms. The summed E-state index contributed by atoms with van der Waals surface area (Å²) in [6, 6.07) is 12.2. The van der Waals surface area contributed by atoms with Gasteiger partial charge in [-0.25, -0.2) is 8.42 Å². The number of carbonyl (C=O) groups excluding carboxylic acids is 2. The molecule has 3 atom stereocenters. The Labute approximate surface area is 201 Å². The van der Waals surface area contributed by atoms with Crippen molar-refractivity contribution < 1.29 is 32.6 Å². The van der Waals surface area contributed by atoms with Crippen LogP contribution in [0.15, 0.2) is 53.4 Å². The highest BCUT2D eigenvalue weighted by molar-refractivity contribution is 7.92. The van der Waals surface area contributed by atoms with Gasteiger partial charge >= 0.3 is 11.9 Å². The molecule has 2 rings (SSSR count). The van der Waals surface area contributed by atoms with Crippen molar-refractivity contribution in [3.05, 3.63) is 54.1 Å². The van der Waals surface area contributed by atoms with E-state index in [2.05, 4.69) is 4.72 Å². The lowest BCUT2D eigenvalue weighted by atomic mass is 9.73. The number of methoxy groups -OCH3 is 2. The summed E-state index contributed by atoms with van der Waals surface area (Å²) in [6.45, 7) is 5.59. The van der Waals surface area contributed by atoms with Crippen LogP contribution in [0.25, 0.3) is 0 Å². The number of benzene rings is 2. The zero-order chi connectivity index (χ0) is 25.5. The van der Waals surface area contributed by atoms with Crippen molar-refractivity contribution >= 4 is 27.6 Å². The lowest BCUT2D eigenvalue weighted by molar-refractivity contribution is -0.156. The first kappa shape index (κ1) is 27.2. The number of phenols is 1. The molecule has 0 aliphatic rings. The molecular formula is C25H33NO7S. The number of sulfonamides is 1. The SMILES string of the molecule is CCC(CC(C)(CC(C)c1ccc(S(=O)(=O)Nc2ccc(O)cc2)cc1)C(=O)OC)C(=O)OC. The second kappa shape index (κ2) is 11.4. The van der Waals surface area contributed by atoms with Crippen LogP contribution in [0.4, 0.5) is 5.69 Å². The largest absolute Gasteiger partial charge is 0.508 e. The van der Waals surface area contributed by atoms with Gasteiger partial charge in [0.15, 0.2) is 0 Å². The van der Waals surface area contributed by atoms with E-state index in [1.165, 1.54) is 50.6 Å². The standard InChI is InChI=1S/C25H33NO7S/c1-6-18(23(28)32-4)16-25(3,24(29)33-5)15-17(2)19-7-13-22(14-8-19)34(30,31)26-20-9-11-21(27)12-10-20/h7-14,17-18,26-27H,6,15-16H2,1-5H3. The molecule has 0 fully saturated rings. The number of esters is 2. The molecule has 2 N–H and O–H groups in total. The molecule has 2 aromatic carbocycles. The molecule has 0 aliphatic heterocycles. The second-order valence-corrected chi connectivity index (χ2v) is 10.4. The molecule has 2 aromatic rings. The van der Waals surface area contributed by atoms with E-state index in [4.69, 9.17) is 9.47 Å². The summed E-state index contributed by atoms with van der Waals surface area (Å²) in [7, 11) is -1.16. The minimum Gasteiger partial charge on any atom is -0.508 e. The van der Waals surface area contributed by atoms with E-state index in [1.807, 2.05) is 13.8 Å². The minimum absolute atomic E-state index is 0.0390. The van der Waals surface area contributed by atoms with Crippen LogP contribution in [0.2, 0.25) is 0 Å². The van der Waals surface area contributed by atoms with Gasteiger partial charge in [0.25, 0.3) is 10.0 Å². The van der Waals surface area contributed by atoms with E-state index < -0.39 is 27.3 Å². The summed E-state index contributed by atoms with van der Waals surface area (Å²) in [4.78, 5) is 24.9. The predicted molar refractivity (Wildman–Crippen MR) is 129 cm³/mol. The lowest BCUT2D eigenvalue weighted by Gasteiger charge is -2.32. The molecule has 0 heterocycles. The van der Waals surface area contributed by atoms with Crippen molar-refractivity contribution in [2.45, 2.75) is 50.8 Å². The summed E-state index contributed by atoms with van der Waals surface area (Å²) in [5, 5.41) is 9.36. The van der Waals surface area contributed by atoms with Crippen LogP contribution in [0, 0.1) is 11.3 Å². The van der Waals surface area contributed by atoms with Gasteiger partial charge in [0.2, 0.25) is 0 Å². The molecule has 3 unspecified atom stereocenters. The van der Waals surface area contributed by atoms with Gasteiger partial charge in [-0.05, 0) is 74.1 Å². The molecule has 0 radical (unpaired) electrons. The summed E-state index contributed by atoms with van der Waals surface area (Å²) >= 11 is 0. The third-order valence-electron chi connectivity index (χ3n) is 6.04. The maximum atomic E-state index is 12.7. The van der Waals surface area contributed by atoms with E-state index in [9.17, 15) is 23.1 Å². The van der Waals surface area contributed by atoms with Gasteiger partial charge in [-0.1, -0.05) is 26.0 Å². The van der Waals surface area contributed by atoms with Gasteiger partial charge in [-0.2, -0.15) is 0 Å². The van der Waals surface area contributed by atoms with E-state index in [0.717, 1.165) is 5.56 Å². The monoisotopic (exact) mass is 491 g/mol. The van der Waals surface area contributed by atoms with Crippen LogP contribution < -0.4 is 4.72 Å². The molecule has 0 saturated carbocycles. The van der Waals surface area contributed by atoms with Crippen molar-refractivity contribution in [1.82, 2.24) is 0 Å². The Bertz CT molecular complexity index is 1080. The van der Waals surface area contributed by atoms with Crippen molar-refractivity contribution in [3.63, 3.8) is 0 Å². The zero-order valence-electron chi connectivity index (χ0n) is 20.2. The first-order valence-electron chi connectivity index (χ1n) is 11.0. The number of rotatable bonds is 11. The fourth-order valence-corrected chi connectivity index (χ4v) is 5.17. The molecule has 34 heavy (non-hydrogen) atoms. The van der Waals surface area contributed by atoms with Crippen molar-refractivity contribution in [1.29, 1.82) is 0 Å². The Kier molecular flexibility index (Phi) is 9.09. The average Bonchev–Trinajstić information content (AvgIpc) is 2.82. The van der Waals surface area contributed by atoms with Crippen LogP contribution in [0.1, 0.15) is 51.5 Å². The van der Waals surface area contributed by atoms with Crippen molar-refractivity contribution in [3.8, 4) is 5.75 Å². The smallest absolute Gasteiger partial charge is 0.311 e. The van der Waals surface area contributed by atoms with Gasteiger partial charge in [-0.15, -0.1) is 0 Å². The van der Waals surface area contributed by atoms with Gasteiger partial charge in [0.1, 0.15) is 5.75 Å². The number of carbonyl (C=O) groups is 2. The lowest BCUT2D eigenvalue weighted by Crippen LogP contribution is -2.35. The van der Waals surface area contributed by atoms with Gasteiger partial charge in [-0.3, -0.25) is 14.3 Å². The normalized spacial score (nSPS) is 15.0. The summed E-state index contributed by atoms with van der Waals surface area (Å²) in [6.07, 6.45) is 1.23. The van der Waals surface area contributed by atoms with Crippen LogP contribution >= 0.6 is 0 Å². The average molecular weight is 492 g/mol. The van der Waals surface area contributed by atoms with Crippen LogP contribution in [0.5, 0.6) is 5.75 Å². The highest BCUT2D eigenvalue weighted by atomic mass is 32.2. The minimum atomic E-state index is -3.81.